The van der Waals surface area contributed by atoms with Gasteiger partial charge in [-0.2, -0.15) is 13.4 Å². The molecule has 39 heavy (non-hydrogen) atoms. The molecule has 0 amide bonds. The second-order valence-corrected chi connectivity index (χ2v) is 12.0. The topological polar surface area (TPSA) is 167 Å². The Balaban J connectivity index is 1.44. The van der Waals surface area contributed by atoms with Crippen LogP contribution in [0.2, 0.25) is 10.0 Å². The largest absolute Gasteiger partial charge is 0.487 e. The molecule has 15 heteroatoms. The molecule has 4 rings (SSSR count). The summed E-state index contributed by atoms with van der Waals surface area (Å²) in [6.45, 7) is -0.0741. The molecular formula is C24H20Cl2FN5O5S2. The number of rotatable bonds is 9. The summed E-state index contributed by atoms with van der Waals surface area (Å²) in [6, 6.07) is 15.3. The summed E-state index contributed by atoms with van der Waals surface area (Å²) in [7, 11) is -8.90. The summed E-state index contributed by atoms with van der Waals surface area (Å²) in [5.41, 5.74) is 14.0. The van der Waals surface area contributed by atoms with Crippen molar-refractivity contribution >= 4 is 55.2 Å². The summed E-state index contributed by atoms with van der Waals surface area (Å²) < 4.78 is 68.1. The fourth-order valence-corrected chi connectivity index (χ4v) is 5.29. The summed E-state index contributed by atoms with van der Waals surface area (Å²) in [4.78, 5) is 7.43. The fraction of sp³-hybridized carbons (Fsp3) is 0.0833. The fourth-order valence-electron chi connectivity index (χ4n) is 3.52. The van der Waals surface area contributed by atoms with Crippen LogP contribution in [0.25, 0.3) is 11.1 Å². The van der Waals surface area contributed by atoms with Gasteiger partial charge in [0.05, 0.1) is 25.5 Å². The molecule has 4 aromatic rings. The minimum Gasteiger partial charge on any atom is -0.487 e. The van der Waals surface area contributed by atoms with Crippen LogP contribution in [0.15, 0.2) is 76.5 Å². The quantitative estimate of drug-likeness (QED) is 0.233. The number of hydrogen-bond donors (Lipinski definition) is 3. The first kappa shape index (κ1) is 28.5. The second-order valence-electron chi connectivity index (χ2n) is 8.08. The van der Waals surface area contributed by atoms with E-state index in [2.05, 4.69) is 14.7 Å². The maximum absolute atomic E-state index is 13.0. The van der Waals surface area contributed by atoms with Gasteiger partial charge in [0.2, 0.25) is 16.0 Å². The van der Waals surface area contributed by atoms with E-state index in [0.29, 0.717) is 38.2 Å². The molecule has 0 atom stereocenters. The van der Waals surface area contributed by atoms with Crippen LogP contribution in [0, 0.1) is 0 Å². The molecule has 0 aliphatic rings. The Bertz CT molecular complexity index is 1740. The van der Waals surface area contributed by atoms with Gasteiger partial charge in [0.1, 0.15) is 18.2 Å². The van der Waals surface area contributed by atoms with Gasteiger partial charge in [0, 0.05) is 12.1 Å². The van der Waals surface area contributed by atoms with Crippen LogP contribution in [-0.4, -0.2) is 26.8 Å². The van der Waals surface area contributed by atoms with Crippen molar-refractivity contribution in [2.75, 3.05) is 11.5 Å². The van der Waals surface area contributed by atoms with Crippen molar-refractivity contribution in [1.82, 2.24) is 14.7 Å². The van der Waals surface area contributed by atoms with Crippen molar-refractivity contribution < 1.29 is 25.5 Å². The van der Waals surface area contributed by atoms with Crippen molar-refractivity contribution in [3.05, 3.63) is 88.0 Å². The van der Waals surface area contributed by atoms with Gasteiger partial charge in [-0.1, -0.05) is 41.4 Å². The Morgan fingerprint density at radius 3 is 2.10 bits per heavy atom. The molecule has 0 saturated heterocycles. The zero-order valence-electron chi connectivity index (χ0n) is 19.8. The first-order valence-electron chi connectivity index (χ1n) is 11.0. The first-order chi connectivity index (χ1) is 18.3. The van der Waals surface area contributed by atoms with Gasteiger partial charge in [-0.15, -0.1) is 3.89 Å². The smallest absolute Gasteiger partial charge is 0.332 e. The average molecular weight is 612 g/mol. The number of ether oxygens (including phenoxy) is 1. The van der Waals surface area contributed by atoms with Gasteiger partial charge in [-0.3, -0.25) is 0 Å². The molecule has 3 aromatic carbocycles. The number of aromatic nitrogens is 2. The Labute approximate surface area is 234 Å². The molecule has 0 aliphatic heterocycles. The molecule has 0 saturated carbocycles. The highest BCUT2D eigenvalue weighted by Crippen LogP contribution is 2.33. The second kappa shape index (κ2) is 11.3. The first-order valence-corrected chi connectivity index (χ1v) is 14.6. The molecule has 1 aromatic heterocycles. The van der Waals surface area contributed by atoms with Crippen molar-refractivity contribution in [2.24, 2.45) is 0 Å². The average Bonchev–Trinajstić information content (AvgIpc) is 2.88. The Morgan fingerprint density at radius 1 is 0.846 bits per heavy atom. The van der Waals surface area contributed by atoms with Crippen LogP contribution in [0.4, 0.5) is 15.7 Å². The summed E-state index contributed by atoms with van der Waals surface area (Å²) in [5, 5.41) is 0.703. The number of anilines is 2. The molecule has 0 unspecified atom stereocenters. The number of hydrogen-bond acceptors (Lipinski definition) is 9. The lowest BCUT2D eigenvalue weighted by Crippen LogP contribution is -2.23. The van der Waals surface area contributed by atoms with Crippen LogP contribution in [0.1, 0.15) is 11.3 Å². The molecule has 0 fully saturated rings. The number of halogens is 3. The van der Waals surface area contributed by atoms with E-state index in [-0.39, 0.29) is 29.8 Å². The van der Waals surface area contributed by atoms with Crippen LogP contribution >= 0.6 is 23.2 Å². The Morgan fingerprint density at radius 2 is 1.49 bits per heavy atom. The van der Waals surface area contributed by atoms with Crippen molar-refractivity contribution in [2.45, 2.75) is 22.9 Å². The number of nitrogens with one attached hydrogen (secondary N) is 1. The van der Waals surface area contributed by atoms with E-state index >= 15 is 0 Å². The standard InChI is InChI=1S/C24H20Cl2FN5O5S2/c25-19-10-3-15(11-20(19)26)22-21(31-24(29)32-23(22)28)13-37-16-4-1-14(2-5-16)12-30-39(35,36)18-8-6-17(7-9-18)38(27,33)34/h1-11,30H,12-13H2,(H4,28,29,31,32). The Hall–Kier alpha value is -3.49. The van der Waals surface area contributed by atoms with E-state index < -0.39 is 25.1 Å². The number of benzene rings is 3. The van der Waals surface area contributed by atoms with Crippen LogP contribution < -0.4 is 20.9 Å². The highest BCUT2D eigenvalue weighted by molar-refractivity contribution is 7.89. The van der Waals surface area contributed by atoms with Gasteiger partial charge >= 0.3 is 10.2 Å². The van der Waals surface area contributed by atoms with E-state index in [1.807, 2.05) is 0 Å². The van der Waals surface area contributed by atoms with Crippen molar-refractivity contribution in [3.8, 4) is 16.9 Å². The maximum atomic E-state index is 13.0. The van der Waals surface area contributed by atoms with Gasteiger partial charge in [-0.05, 0) is 59.7 Å². The lowest BCUT2D eigenvalue weighted by Gasteiger charge is -2.14. The van der Waals surface area contributed by atoms with E-state index in [9.17, 15) is 20.7 Å². The van der Waals surface area contributed by atoms with E-state index in [1.165, 1.54) is 0 Å². The Kier molecular flexibility index (Phi) is 8.28. The van der Waals surface area contributed by atoms with Crippen LogP contribution in [0.3, 0.4) is 0 Å². The van der Waals surface area contributed by atoms with E-state index in [0.717, 1.165) is 24.3 Å². The van der Waals surface area contributed by atoms with Crippen LogP contribution in [-0.2, 0) is 33.4 Å². The lowest BCUT2D eigenvalue weighted by atomic mass is 10.0. The van der Waals surface area contributed by atoms with Crippen LogP contribution in [0.5, 0.6) is 5.75 Å². The lowest BCUT2D eigenvalue weighted by molar-refractivity contribution is 0.302. The summed E-state index contributed by atoms with van der Waals surface area (Å²) >= 11 is 12.2. The molecule has 0 radical (unpaired) electrons. The molecule has 0 spiro atoms. The highest BCUT2D eigenvalue weighted by Gasteiger charge is 2.18. The number of nitrogens with zero attached hydrogens (tertiary/aromatic N) is 2. The zero-order chi connectivity index (χ0) is 28.4. The third-order valence-electron chi connectivity index (χ3n) is 5.42. The molecule has 204 valence electrons. The predicted octanol–water partition coefficient (Wildman–Crippen LogP) is 4.33. The molecule has 1 heterocycles. The van der Waals surface area contributed by atoms with Gasteiger partial charge < -0.3 is 16.2 Å². The molecule has 0 aliphatic carbocycles. The monoisotopic (exact) mass is 611 g/mol. The van der Waals surface area contributed by atoms with Crippen molar-refractivity contribution in [1.29, 1.82) is 0 Å². The minimum absolute atomic E-state index is 0.0108. The number of sulfonamides is 1. The van der Waals surface area contributed by atoms with Gasteiger partial charge in [0.25, 0.3) is 0 Å². The van der Waals surface area contributed by atoms with Gasteiger partial charge in [-0.25, -0.2) is 18.1 Å². The van der Waals surface area contributed by atoms with E-state index in [1.54, 1.807) is 42.5 Å². The predicted molar refractivity (Wildman–Crippen MR) is 146 cm³/mol. The number of nitrogen functional groups attached to an aromatic ring is 2. The van der Waals surface area contributed by atoms with Gasteiger partial charge in [0.15, 0.2) is 0 Å². The summed E-state index contributed by atoms with van der Waals surface area (Å²) in [6.07, 6.45) is 0. The molecule has 10 nitrogen and oxygen atoms in total. The highest BCUT2D eigenvalue weighted by atomic mass is 35.5. The van der Waals surface area contributed by atoms with Crippen molar-refractivity contribution in [3.63, 3.8) is 0 Å². The minimum atomic E-state index is -4.93. The molecule has 5 N–H and O–H groups in total. The molecular weight excluding hydrogens is 592 g/mol. The maximum Gasteiger partial charge on any atom is 0.332 e. The molecule has 0 bridgehead atoms. The summed E-state index contributed by atoms with van der Waals surface area (Å²) in [5.74, 6) is 0.571. The zero-order valence-corrected chi connectivity index (χ0v) is 23.0. The SMILES string of the molecule is Nc1nc(N)c(-c2ccc(Cl)c(Cl)c2)c(COc2ccc(CNS(=O)(=O)c3ccc(S(=O)(=O)F)cc3)cc2)n1. The normalized spacial score (nSPS) is 11.9. The third kappa shape index (κ3) is 6.94. The third-order valence-corrected chi connectivity index (χ3v) is 8.41. The number of nitrogens with two attached hydrogens (primary N) is 2. The van der Waals surface area contributed by atoms with E-state index in [4.69, 9.17) is 39.4 Å².